The van der Waals surface area contributed by atoms with Gasteiger partial charge in [0.05, 0.1) is 6.54 Å². The highest BCUT2D eigenvalue weighted by atomic mass is 16.5. The van der Waals surface area contributed by atoms with Crippen molar-refractivity contribution in [3.8, 4) is 5.75 Å². The molecule has 6 nitrogen and oxygen atoms in total. The van der Waals surface area contributed by atoms with Crippen LogP contribution in [0, 0.1) is 0 Å². The number of aromatic nitrogens is 3. The van der Waals surface area contributed by atoms with Crippen LogP contribution in [0.2, 0.25) is 0 Å². The second-order valence-electron chi connectivity index (χ2n) is 6.48. The highest BCUT2D eigenvalue weighted by Crippen LogP contribution is 2.20. The summed E-state index contributed by atoms with van der Waals surface area (Å²) in [4.78, 5) is 4.23. The maximum Gasteiger partial charge on any atom is 0.138 e. The zero-order valence-corrected chi connectivity index (χ0v) is 14.0. The molecule has 2 N–H and O–H groups in total. The number of nitrogens with one attached hydrogen (secondary N) is 1. The lowest BCUT2D eigenvalue weighted by Gasteiger charge is -2.24. The van der Waals surface area contributed by atoms with Crippen LogP contribution in [0.15, 0.2) is 48.8 Å². The van der Waals surface area contributed by atoms with E-state index in [0.717, 1.165) is 36.3 Å². The fourth-order valence-electron chi connectivity index (χ4n) is 3.22. The number of hydrogen-bond donors (Lipinski definition) is 2. The molecule has 0 aliphatic carbocycles. The molecule has 25 heavy (non-hydrogen) atoms. The first-order chi connectivity index (χ1) is 12.3. The third kappa shape index (κ3) is 3.81. The molecule has 4 rings (SSSR count). The Morgan fingerprint density at radius 2 is 2.12 bits per heavy atom. The molecule has 1 aliphatic heterocycles. The van der Waals surface area contributed by atoms with Gasteiger partial charge in [-0.05, 0) is 29.3 Å². The molecule has 0 bridgehead atoms. The lowest BCUT2D eigenvalue weighted by molar-refractivity contribution is 0.101. The van der Waals surface area contributed by atoms with E-state index >= 15 is 0 Å². The number of hydrogen-bond acceptors (Lipinski definition) is 5. The molecule has 2 atom stereocenters. The van der Waals surface area contributed by atoms with Crippen LogP contribution in [0.25, 0.3) is 10.8 Å². The summed E-state index contributed by atoms with van der Waals surface area (Å²) in [6.45, 7) is 1.57. The van der Waals surface area contributed by atoms with Crippen LogP contribution in [0.5, 0.6) is 5.75 Å². The predicted molar refractivity (Wildman–Crippen MR) is 95.6 cm³/mol. The second-order valence-corrected chi connectivity index (χ2v) is 6.48. The summed E-state index contributed by atoms with van der Waals surface area (Å²) in [5.74, 6) is 1.82. The minimum Gasteiger partial charge on any atom is -0.491 e. The van der Waals surface area contributed by atoms with Crippen molar-refractivity contribution >= 4 is 10.8 Å². The zero-order valence-electron chi connectivity index (χ0n) is 14.0. The highest BCUT2D eigenvalue weighted by Gasteiger charge is 2.20. The van der Waals surface area contributed by atoms with Crippen LogP contribution in [-0.2, 0) is 13.0 Å². The summed E-state index contributed by atoms with van der Waals surface area (Å²) < 4.78 is 7.67. The predicted octanol–water partition coefficient (Wildman–Crippen LogP) is 1.78. The lowest BCUT2D eigenvalue weighted by atomic mass is 10.1. The van der Waals surface area contributed by atoms with Gasteiger partial charge in [-0.2, -0.15) is 5.10 Å². The van der Waals surface area contributed by atoms with Crippen molar-refractivity contribution in [1.29, 1.82) is 0 Å². The van der Waals surface area contributed by atoms with Crippen molar-refractivity contribution in [2.45, 2.75) is 31.5 Å². The summed E-state index contributed by atoms with van der Waals surface area (Å²) in [6, 6.07) is 14.4. The Bertz CT molecular complexity index is 848. The van der Waals surface area contributed by atoms with E-state index in [-0.39, 0.29) is 6.61 Å². The van der Waals surface area contributed by atoms with Crippen molar-refractivity contribution in [3.05, 3.63) is 54.6 Å². The van der Waals surface area contributed by atoms with Gasteiger partial charge in [0.25, 0.3) is 0 Å². The largest absolute Gasteiger partial charge is 0.491 e. The SMILES string of the molecule is O[C@H](CN[C@H]1CCc2ncnn2C1)COc1ccc2ccccc2c1. The van der Waals surface area contributed by atoms with Crippen LogP contribution in [0.4, 0.5) is 0 Å². The molecular weight excluding hydrogens is 316 g/mol. The van der Waals surface area contributed by atoms with E-state index in [4.69, 9.17) is 4.74 Å². The van der Waals surface area contributed by atoms with E-state index < -0.39 is 6.10 Å². The Morgan fingerprint density at radius 3 is 3.04 bits per heavy atom. The van der Waals surface area contributed by atoms with Gasteiger partial charge in [-0.25, -0.2) is 9.67 Å². The molecule has 130 valence electrons. The van der Waals surface area contributed by atoms with Gasteiger partial charge in [-0.1, -0.05) is 30.3 Å². The average Bonchev–Trinajstić information content (AvgIpc) is 3.12. The monoisotopic (exact) mass is 338 g/mol. The maximum atomic E-state index is 10.2. The second kappa shape index (κ2) is 7.21. The molecule has 0 spiro atoms. The van der Waals surface area contributed by atoms with Crippen molar-refractivity contribution < 1.29 is 9.84 Å². The van der Waals surface area contributed by atoms with Crippen LogP contribution < -0.4 is 10.1 Å². The van der Waals surface area contributed by atoms with Crippen LogP contribution in [0.3, 0.4) is 0 Å². The normalized spacial score (nSPS) is 18.0. The van der Waals surface area contributed by atoms with Gasteiger partial charge in [-0.15, -0.1) is 0 Å². The van der Waals surface area contributed by atoms with E-state index in [9.17, 15) is 5.11 Å². The van der Waals surface area contributed by atoms with E-state index in [0.29, 0.717) is 12.6 Å². The fourth-order valence-corrected chi connectivity index (χ4v) is 3.22. The summed E-state index contributed by atoms with van der Waals surface area (Å²) >= 11 is 0. The molecule has 1 aromatic heterocycles. The van der Waals surface area contributed by atoms with Gasteiger partial charge in [0, 0.05) is 19.0 Å². The first-order valence-electron chi connectivity index (χ1n) is 8.67. The standard InChI is InChI=1S/C19H22N4O2/c24-17(10-20-16-6-8-19-21-13-22-23(19)11-16)12-25-18-7-5-14-3-1-2-4-15(14)9-18/h1-5,7,9,13,16-17,20,24H,6,8,10-12H2/t16-,17+/m0/s1. The molecule has 1 aliphatic rings. The molecule has 6 heteroatoms. The topological polar surface area (TPSA) is 72.2 Å². The van der Waals surface area contributed by atoms with Gasteiger partial charge in [0.15, 0.2) is 0 Å². The maximum absolute atomic E-state index is 10.2. The third-order valence-corrected chi connectivity index (χ3v) is 4.61. The lowest BCUT2D eigenvalue weighted by Crippen LogP contribution is -2.42. The average molecular weight is 338 g/mol. The molecule has 0 saturated heterocycles. The fraction of sp³-hybridized carbons (Fsp3) is 0.368. The minimum absolute atomic E-state index is 0.270. The number of nitrogens with zero attached hydrogens (tertiary/aromatic N) is 3. The molecule has 0 amide bonds. The molecule has 2 heterocycles. The van der Waals surface area contributed by atoms with Gasteiger partial charge in [0.1, 0.15) is 30.6 Å². The van der Waals surface area contributed by atoms with Gasteiger partial charge < -0.3 is 15.2 Å². The Kier molecular flexibility index (Phi) is 4.63. The quantitative estimate of drug-likeness (QED) is 0.717. The minimum atomic E-state index is -0.552. The van der Waals surface area contributed by atoms with E-state index in [1.807, 2.05) is 35.0 Å². The van der Waals surface area contributed by atoms with Crippen molar-refractivity contribution in [3.63, 3.8) is 0 Å². The van der Waals surface area contributed by atoms with Crippen molar-refractivity contribution in [2.24, 2.45) is 0 Å². The first kappa shape index (κ1) is 16.1. The molecule has 0 saturated carbocycles. The highest BCUT2D eigenvalue weighted by molar-refractivity contribution is 5.83. The molecule has 0 unspecified atom stereocenters. The molecule has 2 aromatic carbocycles. The Labute approximate surface area is 146 Å². The van der Waals surface area contributed by atoms with E-state index in [1.165, 1.54) is 5.39 Å². The van der Waals surface area contributed by atoms with Crippen LogP contribution in [0.1, 0.15) is 12.2 Å². The van der Waals surface area contributed by atoms with Crippen LogP contribution >= 0.6 is 0 Å². The Morgan fingerprint density at radius 1 is 1.24 bits per heavy atom. The van der Waals surface area contributed by atoms with Gasteiger partial charge in [0.2, 0.25) is 0 Å². The molecule has 3 aromatic rings. The number of benzene rings is 2. The number of aliphatic hydroxyl groups is 1. The number of fused-ring (bicyclic) bond motifs is 2. The third-order valence-electron chi connectivity index (χ3n) is 4.61. The number of rotatable bonds is 6. The summed E-state index contributed by atoms with van der Waals surface area (Å²) in [5.41, 5.74) is 0. The first-order valence-corrected chi connectivity index (χ1v) is 8.67. The van der Waals surface area contributed by atoms with Crippen LogP contribution in [-0.4, -0.2) is 45.2 Å². The van der Waals surface area contributed by atoms with Crippen molar-refractivity contribution in [2.75, 3.05) is 13.2 Å². The molecular formula is C19H22N4O2. The number of ether oxygens (including phenoxy) is 1. The smallest absolute Gasteiger partial charge is 0.138 e. The molecule has 0 fully saturated rings. The van der Waals surface area contributed by atoms with E-state index in [1.54, 1.807) is 6.33 Å². The number of aliphatic hydroxyl groups excluding tert-OH is 1. The zero-order chi connectivity index (χ0) is 17.1. The Balaban J connectivity index is 1.25. The van der Waals surface area contributed by atoms with Gasteiger partial charge >= 0.3 is 0 Å². The van der Waals surface area contributed by atoms with E-state index in [2.05, 4.69) is 27.5 Å². The molecule has 0 radical (unpaired) electrons. The van der Waals surface area contributed by atoms with Crippen molar-refractivity contribution in [1.82, 2.24) is 20.1 Å². The summed E-state index contributed by atoms with van der Waals surface area (Å²) in [6.07, 6.45) is 2.98. The van der Waals surface area contributed by atoms with Gasteiger partial charge in [-0.3, -0.25) is 0 Å². The Hall–Kier alpha value is -2.44. The number of aryl methyl sites for hydroxylation is 1. The summed E-state index contributed by atoms with van der Waals surface area (Å²) in [5, 5.41) is 20.1. The summed E-state index contributed by atoms with van der Waals surface area (Å²) in [7, 11) is 0.